The van der Waals surface area contributed by atoms with Crippen LogP contribution in [0.1, 0.15) is 12.5 Å². The van der Waals surface area contributed by atoms with Gasteiger partial charge in [0.2, 0.25) is 11.7 Å². The van der Waals surface area contributed by atoms with E-state index in [4.69, 9.17) is 0 Å². The average molecular weight is 256 g/mol. The quantitative estimate of drug-likeness (QED) is 0.661. The fourth-order valence-electron chi connectivity index (χ4n) is 1.21. The molecule has 0 heterocycles. The minimum Gasteiger partial charge on any atom is -0.353 e. The van der Waals surface area contributed by atoms with E-state index in [1.807, 2.05) is 0 Å². The van der Waals surface area contributed by atoms with Crippen LogP contribution >= 0.6 is 0 Å². The van der Waals surface area contributed by atoms with Gasteiger partial charge >= 0.3 is 5.69 Å². The van der Waals surface area contributed by atoms with Gasteiger partial charge in [0.15, 0.2) is 0 Å². The Morgan fingerprint density at radius 2 is 2.11 bits per heavy atom. The Kier molecular flexibility index (Phi) is 4.47. The van der Waals surface area contributed by atoms with Gasteiger partial charge < -0.3 is 5.32 Å². The molecule has 0 aliphatic rings. The molecule has 0 saturated carbocycles. The molecule has 1 rings (SSSR count). The number of amides is 1. The highest BCUT2D eigenvalue weighted by Crippen LogP contribution is 2.22. The first-order chi connectivity index (χ1) is 8.41. The van der Waals surface area contributed by atoms with Crippen molar-refractivity contribution in [1.82, 2.24) is 5.32 Å². The molecule has 0 aliphatic heterocycles. The molecule has 0 fully saturated rings. The van der Waals surface area contributed by atoms with Crippen molar-refractivity contribution in [3.8, 4) is 0 Å². The molecule has 0 bridgehead atoms. The molecule has 96 valence electrons. The highest BCUT2D eigenvalue weighted by molar-refractivity contribution is 5.73. The zero-order valence-electron chi connectivity index (χ0n) is 9.44. The minimum absolute atomic E-state index is 0.122. The molecule has 1 aromatic carbocycles. The Balaban J connectivity index is 2.88. The highest BCUT2D eigenvalue weighted by Gasteiger charge is 2.17. The summed E-state index contributed by atoms with van der Waals surface area (Å²) >= 11 is 0. The summed E-state index contributed by atoms with van der Waals surface area (Å²) < 4.78 is 26.6. The second kappa shape index (κ2) is 5.85. The van der Waals surface area contributed by atoms with Crippen molar-refractivity contribution in [2.45, 2.75) is 6.92 Å². The standard InChI is InChI=1S/C11H10F2N2O3/c1-7(16)14-4-2-3-8-5-10(13)11(15(17)18)6-9(8)12/h2-3,5-6H,4H2,1H3,(H,14,16). The van der Waals surface area contributed by atoms with Crippen molar-refractivity contribution in [3.63, 3.8) is 0 Å². The van der Waals surface area contributed by atoms with Gasteiger partial charge in [0.05, 0.1) is 11.0 Å². The summed E-state index contributed by atoms with van der Waals surface area (Å²) in [6, 6.07) is 1.26. The number of hydrogen-bond donors (Lipinski definition) is 1. The summed E-state index contributed by atoms with van der Waals surface area (Å²) in [5, 5.41) is 12.8. The summed E-state index contributed by atoms with van der Waals surface area (Å²) in [7, 11) is 0. The fraction of sp³-hybridized carbons (Fsp3) is 0.182. The lowest BCUT2D eigenvalue weighted by atomic mass is 10.1. The number of nitro groups is 1. The summed E-state index contributed by atoms with van der Waals surface area (Å²) in [5.41, 5.74) is -1.03. The first-order valence-electron chi connectivity index (χ1n) is 4.96. The van der Waals surface area contributed by atoms with Gasteiger partial charge in [-0.25, -0.2) is 4.39 Å². The van der Waals surface area contributed by atoms with E-state index in [-0.39, 0.29) is 18.0 Å². The van der Waals surface area contributed by atoms with Crippen LogP contribution in [-0.4, -0.2) is 17.4 Å². The molecule has 1 amide bonds. The maximum atomic E-state index is 13.4. The van der Waals surface area contributed by atoms with Crippen LogP contribution in [0.2, 0.25) is 0 Å². The highest BCUT2D eigenvalue weighted by atomic mass is 19.1. The Hall–Kier alpha value is -2.31. The third-order valence-electron chi connectivity index (χ3n) is 2.03. The van der Waals surface area contributed by atoms with Crippen molar-refractivity contribution in [1.29, 1.82) is 0 Å². The maximum Gasteiger partial charge on any atom is 0.307 e. The number of halogens is 2. The zero-order chi connectivity index (χ0) is 13.7. The van der Waals surface area contributed by atoms with Gasteiger partial charge in [0.1, 0.15) is 5.82 Å². The molecule has 0 aromatic heterocycles. The lowest BCUT2D eigenvalue weighted by Crippen LogP contribution is -2.19. The predicted molar refractivity (Wildman–Crippen MR) is 60.7 cm³/mol. The summed E-state index contributed by atoms with van der Waals surface area (Å²) in [6.45, 7) is 1.48. The van der Waals surface area contributed by atoms with Gasteiger partial charge in [-0.15, -0.1) is 0 Å². The normalized spacial score (nSPS) is 10.6. The van der Waals surface area contributed by atoms with Crippen LogP contribution in [0.25, 0.3) is 6.08 Å². The van der Waals surface area contributed by atoms with E-state index in [9.17, 15) is 23.7 Å². The van der Waals surface area contributed by atoms with Crippen LogP contribution in [0, 0.1) is 21.7 Å². The molecule has 0 aliphatic carbocycles. The number of nitrogens with zero attached hydrogens (tertiary/aromatic N) is 1. The van der Waals surface area contributed by atoms with Crippen molar-refractivity contribution >= 4 is 17.7 Å². The molecule has 0 radical (unpaired) electrons. The van der Waals surface area contributed by atoms with Crippen LogP contribution < -0.4 is 5.32 Å². The molecule has 1 aromatic rings. The van der Waals surface area contributed by atoms with Gasteiger partial charge in [0.25, 0.3) is 0 Å². The molecule has 18 heavy (non-hydrogen) atoms. The Morgan fingerprint density at radius 3 is 2.67 bits per heavy atom. The second-order valence-electron chi connectivity index (χ2n) is 3.42. The van der Waals surface area contributed by atoms with Gasteiger partial charge in [-0.3, -0.25) is 14.9 Å². The maximum absolute atomic E-state index is 13.4. The average Bonchev–Trinajstić information content (AvgIpc) is 2.27. The first kappa shape index (κ1) is 13.8. The van der Waals surface area contributed by atoms with E-state index in [1.165, 1.54) is 19.1 Å². The first-order valence-corrected chi connectivity index (χ1v) is 4.96. The van der Waals surface area contributed by atoms with Crippen molar-refractivity contribution in [2.75, 3.05) is 6.54 Å². The van der Waals surface area contributed by atoms with Gasteiger partial charge in [0, 0.05) is 19.0 Å². The van der Waals surface area contributed by atoms with Crippen molar-refractivity contribution in [2.24, 2.45) is 0 Å². The summed E-state index contributed by atoms with van der Waals surface area (Å²) in [4.78, 5) is 19.9. The number of nitrogens with one attached hydrogen (secondary N) is 1. The molecule has 0 unspecified atom stereocenters. The Bertz CT molecular complexity index is 515. The van der Waals surface area contributed by atoms with Crippen LogP contribution in [0.4, 0.5) is 14.5 Å². The SMILES string of the molecule is CC(=O)NCC=Cc1cc(F)c([N+](=O)[O-])cc1F. The van der Waals surface area contributed by atoms with E-state index >= 15 is 0 Å². The molecule has 5 nitrogen and oxygen atoms in total. The van der Waals surface area contributed by atoms with Crippen molar-refractivity contribution in [3.05, 3.63) is 45.5 Å². The molecule has 7 heteroatoms. The van der Waals surface area contributed by atoms with E-state index in [0.29, 0.717) is 6.07 Å². The molecular formula is C11H10F2N2O3. The van der Waals surface area contributed by atoms with Gasteiger partial charge in [-0.1, -0.05) is 12.2 Å². The molecular weight excluding hydrogens is 246 g/mol. The number of carbonyl (C=O) groups is 1. The Morgan fingerprint density at radius 1 is 1.44 bits per heavy atom. The van der Waals surface area contributed by atoms with Crippen LogP contribution in [0.15, 0.2) is 18.2 Å². The zero-order valence-corrected chi connectivity index (χ0v) is 9.44. The number of benzene rings is 1. The monoisotopic (exact) mass is 256 g/mol. The third kappa shape index (κ3) is 3.62. The van der Waals surface area contributed by atoms with E-state index in [0.717, 1.165) is 6.07 Å². The van der Waals surface area contributed by atoms with Crippen LogP contribution in [0.3, 0.4) is 0 Å². The lowest BCUT2D eigenvalue weighted by Gasteiger charge is -1.99. The largest absolute Gasteiger partial charge is 0.353 e. The lowest BCUT2D eigenvalue weighted by molar-refractivity contribution is -0.387. The minimum atomic E-state index is -1.11. The molecule has 1 N–H and O–H groups in total. The molecule has 0 saturated heterocycles. The van der Waals surface area contributed by atoms with Crippen molar-refractivity contribution < 1.29 is 18.5 Å². The van der Waals surface area contributed by atoms with Crippen LogP contribution in [0.5, 0.6) is 0 Å². The second-order valence-corrected chi connectivity index (χ2v) is 3.42. The molecule has 0 spiro atoms. The van der Waals surface area contributed by atoms with Gasteiger partial charge in [-0.05, 0) is 6.07 Å². The summed E-state index contributed by atoms with van der Waals surface area (Å²) in [5.74, 6) is -2.27. The summed E-state index contributed by atoms with van der Waals surface area (Å²) in [6.07, 6.45) is 2.64. The number of carbonyl (C=O) groups excluding carboxylic acids is 1. The third-order valence-corrected chi connectivity index (χ3v) is 2.03. The van der Waals surface area contributed by atoms with Crippen LogP contribution in [-0.2, 0) is 4.79 Å². The topological polar surface area (TPSA) is 72.2 Å². The van der Waals surface area contributed by atoms with Gasteiger partial charge in [-0.2, -0.15) is 4.39 Å². The van der Waals surface area contributed by atoms with E-state index < -0.39 is 22.2 Å². The predicted octanol–water partition coefficient (Wildman–Crippen LogP) is 2.02. The molecule has 0 atom stereocenters. The number of nitro benzene ring substituents is 1. The number of rotatable bonds is 4. The van der Waals surface area contributed by atoms with E-state index in [1.54, 1.807) is 0 Å². The van der Waals surface area contributed by atoms with E-state index in [2.05, 4.69) is 5.32 Å². The fourth-order valence-corrected chi connectivity index (χ4v) is 1.21. The number of hydrogen-bond acceptors (Lipinski definition) is 3. The smallest absolute Gasteiger partial charge is 0.307 e. The Labute approximate surface area is 101 Å².